The summed E-state index contributed by atoms with van der Waals surface area (Å²) in [7, 11) is 1.10. The molecule has 0 atom stereocenters. The first kappa shape index (κ1) is 12.3. The molecule has 1 aromatic heterocycles. The van der Waals surface area contributed by atoms with E-state index in [2.05, 4.69) is 9.72 Å². The predicted molar refractivity (Wildman–Crippen MR) is 50.6 cm³/mol. The number of rotatable bonds is 3. The molecule has 0 aliphatic rings. The molecule has 1 aromatic rings. The van der Waals surface area contributed by atoms with E-state index in [1.165, 1.54) is 0 Å². The molecular formula is C9H5ClF2N2O2. The molecule has 1 heterocycles. The minimum atomic E-state index is -2.98. The summed E-state index contributed by atoms with van der Waals surface area (Å²) < 4.78 is 30.1. The number of pyridine rings is 1. The lowest BCUT2D eigenvalue weighted by atomic mass is 10.1. The average Bonchev–Trinajstić information content (AvgIpc) is 2.26. The Balaban J connectivity index is 3.58. The minimum Gasteiger partial charge on any atom is -0.493 e. The van der Waals surface area contributed by atoms with Crippen molar-refractivity contribution in [2.75, 3.05) is 7.11 Å². The van der Waals surface area contributed by atoms with Gasteiger partial charge in [0.05, 0.1) is 18.2 Å². The molecule has 0 aliphatic heterocycles. The fourth-order valence-corrected chi connectivity index (χ4v) is 1.32. The first-order valence-corrected chi connectivity index (χ1v) is 4.35. The second-order valence-corrected chi connectivity index (χ2v) is 3.00. The van der Waals surface area contributed by atoms with Crippen LogP contribution in [0.25, 0.3) is 0 Å². The van der Waals surface area contributed by atoms with Crippen molar-refractivity contribution in [2.24, 2.45) is 0 Å². The van der Waals surface area contributed by atoms with Gasteiger partial charge in [-0.1, -0.05) is 0 Å². The van der Waals surface area contributed by atoms with E-state index in [0.717, 1.165) is 13.3 Å². The van der Waals surface area contributed by atoms with Gasteiger partial charge in [-0.05, 0) is 11.6 Å². The standard InChI is InChI=1S/C9H5ClF2N2O2/c1-16-7-5(2-13)14-3-4(8(10)15)6(7)9(11)12/h3,9H,1H3. The summed E-state index contributed by atoms with van der Waals surface area (Å²) in [5, 5.41) is 7.55. The van der Waals surface area contributed by atoms with Crippen molar-refractivity contribution in [1.82, 2.24) is 4.98 Å². The lowest BCUT2D eigenvalue weighted by molar-refractivity contribution is 0.106. The first-order chi connectivity index (χ1) is 7.52. The summed E-state index contributed by atoms with van der Waals surface area (Å²) in [5.74, 6) is -0.427. The van der Waals surface area contributed by atoms with E-state index in [4.69, 9.17) is 16.9 Å². The summed E-state index contributed by atoms with van der Waals surface area (Å²) in [4.78, 5) is 14.4. The summed E-state index contributed by atoms with van der Waals surface area (Å²) >= 11 is 5.13. The van der Waals surface area contributed by atoms with Crippen LogP contribution in [0.3, 0.4) is 0 Å². The van der Waals surface area contributed by atoms with Crippen LogP contribution >= 0.6 is 11.6 Å². The third kappa shape index (κ3) is 2.09. The molecule has 0 unspecified atom stereocenters. The molecule has 1 rings (SSSR count). The smallest absolute Gasteiger partial charge is 0.268 e. The van der Waals surface area contributed by atoms with E-state index in [1.807, 2.05) is 0 Å². The van der Waals surface area contributed by atoms with Crippen LogP contribution in [0.2, 0.25) is 0 Å². The lowest BCUT2D eigenvalue weighted by Crippen LogP contribution is -2.05. The van der Waals surface area contributed by atoms with E-state index in [9.17, 15) is 13.6 Å². The number of nitriles is 1. The normalized spacial score (nSPS) is 10.0. The number of hydrogen-bond donors (Lipinski definition) is 0. The topological polar surface area (TPSA) is 63.0 Å². The molecule has 0 amide bonds. The number of carbonyl (C=O) groups is 1. The van der Waals surface area contributed by atoms with Crippen molar-refractivity contribution in [3.8, 4) is 11.8 Å². The van der Waals surface area contributed by atoms with E-state index in [1.54, 1.807) is 6.07 Å². The zero-order valence-corrected chi connectivity index (χ0v) is 8.76. The van der Waals surface area contributed by atoms with Gasteiger partial charge in [-0.25, -0.2) is 13.8 Å². The number of methoxy groups -OCH3 is 1. The largest absolute Gasteiger partial charge is 0.493 e. The van der Waals surface area contributed by atoms with Gasteiger partial charge in [0.25, 0.3) is 11.7 Å². The van der Waals surface area contributed by atoms with E-state index in [-0.39, 0.29) is 5.69 Å². The zero-order valence-electron chi connectivity index (χ0n) is 8.00. The Bertz CT molecular complexity index is 471. The number of halogens is 3. The maximum Gasteiger partial charge on any atom is 0.268 e. The molecule has 16 heavy (non-hydrogen) atoms. The summed E-state index contributed by atoms with van der Waals surface area (Å²) in [6.45, 7) is 0. The van der Waals surface area contributed by atoms with Gasteiger partial charge in [0.15, 0.2) is 11.4 Å². The van der Waals surface area contributed by atoms with Crippen molar-refractivity contribution in [3.05, 3.63) is 23.0 Å². The molecular weight excluding hydrogens is 242 g/mol. The fourth-order valence-electron chi connectivity index (χ4n) is 1.17. The highest BCUT2D eigenvalue weighted by Gasteiger charge is 2.25. The van der Waals surface area contributed by atoms with Crippen LogP contribution in [-0.2, 0) is 0 Å². The van der Waals surface area contributed by atoms with Gasteiger partial charge in [0.2, 0.25) is 0 Å². The van der Waals surface area contributed by atoms with Crippen molar-refractivity contribution < 1.29 is 18.3 Å². The maximum absolute atomic E-state index is 12.7. The highest BCUT2D eigenvalue weighted by atomic mass is 35.5. The number of aromatic nitrogens is 1. The first-order valence-electron chi connectivity index (χ1n) is 3.97. The van der Waals surface area contributed by atoms with Crippen LogP contribution in [0.4, 0.5) is 8.78 Å². The summed E-state index contributed by atoms with van der Waals surface area (Å²) in [6.07, 6.45) is -2.15. The Morgan fingerprint density at radius 2 is 2.31 bits per heavy atom. The SMILES string of the molecule is COc1c(C#N)ncc(C(=O)Cl)c1C(F)F. The van der Waals surface area contributed by atoms with Gasteiger partial charge >= 0.3 is 0 Å². The van der Waals surface area contributed by atoms with E-state index in [0.29, 0.717) is 0 Å². The molecule has 0 spiro atoms. The third-order valence-corrected chi connectivity index (χ3v) is 2.02. The second kappa shape index (κ2) is 4.86. The van der Waals surface area contributed by atoms with Gasteiger partial charge in [0, 0.05) is 6.20 Å². The molecule has 0 N–H and O–H groups in total. The quantitative estimate of drug-likeness (QED) is 0.768. The van der Waals surface area contributed by atoms with Crippen LogP contribution < -0.4 is 4.74 Å². The van der Waals surface area contributed by atoms with Crippen molar-refractivity contribution in [2.45, 2.75) is 6.43 Å². The monoisotopic (exact) mass is 246 g/mol. The number of hydrogen-bond acceptors (Lipinski definition) is 4. The minimum absolute atomic E-state index is 0.320. The molecule has 0 saturated heterocycles. The Hall–Kier alpha value is -1.74. The molecule has 0 aromatic carbocycles. The highest BCUT2D eigenvalue weighted by molar-refractivity contribution is 6.67. The maximum atomic E-state index is 12.7. The van der Waals surface area contributed by atoms with Crippen LogP contribution in [-0.4, -0.2) is 17.3 Å². The highest BCUT2D eigenvalue weighted by Crippen LogP contribution is 2.34. The zero-order chi connectivity index (χ0) is 12.3. The molecule has 4 nitrogen and oxygen atoms in total. The van der Waals surface area contributed by atoms with Crippen molar-refractivity contribution in [1.29, 1.82) is 5.26 Å². The Labute approximate surface area is 94.4 Å². The Kier molecular flexibility index (Phi) is 3.74. The van der Waals surface area contributed by atoms with E-state index >= 15 is 0 Å². The fraction of sp³-hybridized carbons (Fsp3) is 0.222. The van der Waals surface area contributed by atoms with Crippen molar-refractivity contribution in [3.63, 3.8) is 0 Å². The molecule has 7 heteroatoms. The average molecular weight is 247 g/mol. The number of nitrogens with zero attached hydrogens (tertiary/aromatic N) is 2. The molecule has 0 aliphatic carbocycles. The van der Waals surface area contributed by atoms with E-state index < -0.39 is 28.5 Å². The van der Waals surface area contributed by atoms with Gasteiger partial charge in [0.1, 0.15) is 6.07 Å². The van der Waals surface area contributed by atoms with Crippen LogP contribution in [0, 0.1) is 11.3 Å². The van der Waals surface area contributed by atoms with Crippen LogP contribution in [0.1, 0.15) is 28.0 Å². The molecule has 0 saturated carbocycles. The summed E-state index contributed by atoms with van der Waals surface area (Å²) in [6, 6.07) is 1.58. The van der Waals surface area contributed by atoms with Crippen LogP contribution in [0.5, 0.6) is 5.75 Å². The predicted octanol–water partition coefficient (Wildman–Crippen LogP) is 2.28. The van der Waals surface area contributed by atoms with Gasteiger partial charge in [-0.2, -0.15) is 5.26 Å². The molecule has 84 valence electrons. The molecule has 0 bridgehead atoms. The Morgan fingerprint density at radius 1 is 1.69 bits per heavy atom. The van der Waals surface area contributed by atoms with Gasteiger partial charge < -0.3 is 4.74 Å². The molecule has 0 radical (unpaired) electrons. The van der Waals surface area contributed by atoms with Gasteiger partial charge in [-0.3, -0.25) is 4.79 Å². The lowest BCUT2D eigenvalue weighted by Gasteiger charge is -2.11. The van der Waals surface area contributed by atoms with Gasteiger partial charge in [-0.15, -0.1) is 0 Å². The third-order valence-electron chi connectivity index (χ3n) is 1.81. The van der Waals surface area contributed by atoms with Crippen molar-refractivity contribution >= 4 is 16.8 Å². The summed E-state index contributed by atoms with van der Waals surface area (Å²) in [5.41, 5.74) is -1.50. The number of ether oxygens (including phenoxy) is 1. The second-order valence-electron chi connectivity index (χ2n) is 2.65. The number of carbonyl (C=O) groups excluding carboxylic acids is 1. The molecule has 0 fully saturated rings. The number of alkyl halides is 2. The Morgan fingerprint density at radius 3 is 2.69 bits per heavy atom. The van der Waals surface area contributed by atoms with Crippen LogP contribution in [0.15, 0.2) is 6.20 Å².